The van der Waals surface area contributed by atoms with Crippen molar-refractivity contribution in [3.05, 3.63) is 0 Å². The van der Waals surface area contributed by atoms with Crippen LogP contribution in [0.15, 0.2) is 0 Å². The Bertz CT molecular complexity index is 74.1. The second-order valence-electron chi connectivity index (χ2n) is 1.88. The van der Waals surface area contributed by atoms with Crippen LogP contribution in [0.1, 0.15) is 0 Å². The summed E-state index contributed by atoms with van der Waals surface area (Å²) in [5, 5.41) is 8.94. The van der Waals surface area contributed by atoms with Crippen LogP contribution in [0.3, 0.4) is 0 Å². The van der Waals surface area contributed by atoms with E-state index in [-0.39, 0.29) is 6.10 Å². The summed E-state index contributed by atoms with van der Waals surface area (Å²) in [6, 6.07) is 0. The van der Waals surface area contributed by atoms with E-state index in [1.165, 1.54) is 0 Å². The molecule has 1 aliphatic heterocycles. The molecule has 1 N–H and O–H groups in total. The van der Waals surface area contributed by atoms with E-state index < -0.39 is 6.10 Å². The summed E-state index contributed by atoms with van der Waals surface area (Å²) in [4.78, 5) is 0. The number of ether oxygens (including phenoxy) is 2. The van der Waals surface area contributed by atoms with Gasteiger partial charge in [0.25, 0.3) is 0 Å². The van der Waals surface area contributed by atoms with Gasteiger partial charge in [0.15, 0.2) is 0 Å². The Balaban J connectivity index is 2.30. The molecule has 1 saturated heterocycles. The molecular formula is C5H10O3. The van der Waals surface area contributed by atoms with E-state index in [1.54, 1.807) is 7.11 Å². The number of rotatable bonds is 1. The predicted molar refractivity (Wildman–Crippen MR) is 27.6 cm³/mol. The van der Waals surface area contributed by atoms with Crippen molar-refractivity contribution in [2.45, 2.75) is 12.2 Å². The second kappa shape index (κ2) is 2.44. The molecule has 1 heterocycles. The maximum Gasteiger partial charge on any atom is 0.109 e. The van der Waals surface area contributed by atoms with E-state index in [4.69, 9.17) is 14.6 Å². The third-order valence-electron chi connectivity index (χ3n) is 1.30. The molecule has 0 saturated carbocycles. The third-order valence-corrected chi connectivity index (χ3v) is 1.30. The van der Waals surface area contributed by atoms with Crippen molar-refractivity contribution in [1.29, 1.82) is 0 Å². The van der Waals surface area contributed by atoms with Crippen LogP contribution in [-0.4, -0.2) is 37.6 Å². The highest BCUT2D eigenvalue weighted by atomic mass is 16.6. The SMILES string of the molecule is CO[C@H]1COC[C@H]1O. The highest BCUT2D eigenvalue weighted by Crippen LogP contribution is 2.07. The molecular weight excluding hydrogens is 108 g/mol. The highest BCUT2D eigenvalue weighted by Gasteiger charge is 2.25. The molecule has 0 bridgehead atoms. The molecule has 0 radical (unpaired) electrons. The molecule has 0 aliphatic carbocycles. The molecule has 0 aromatic carbocycles. The van der Waals surface area contributed by atoms with Gasteiger partial charge < -0.3 is 14.6 Å². The van der Waals surface area contributed by atoms with E-state index in [0.717, 1.165) is 0 Å². The van der Waals surface area contributed by atoms with Gasteiger partial charge in [0.1, 0.15) is 12.2 Å². The van der Waals surface area contributed by atoms with Crippen molar-refractivity contribution in [3.8, 4) is 0 Å². The zero-order chi connectivity index (χ0) is 5.98. The van der Waals surface area contributed by atoms with Gasteiger partial charge in [0.05, 0.1) is 13.2 Å². The summed E-state index contributed by atoms with van der Waals surface area (Å²) in [5.41, 5.74) is 0. The lowest BCUT2D eigenvalue weighted by atomic mass is 10.3. The summed E-state index contributed by atoms with van der Waals surface area (Å²) >= 11 is 0. The summed E-state index contributed by atoms with van der Waals surface area (Å²) in [7, 11) is 1.57. The minimum absolute atomic E-state index is 0.102. The Kier molecular flexibility index (Phi) is 1.83. The first kappa shape index (κ1) is 6.01. The fourth-order valence-electron chi connectivity index (χ4n) is 0.748. The molecule has 3 nitrogen and oxygen atoms in total. The van der Waals surface area contributed by atoms with Gasteiger partial charge in [-0.25, -0.2) is 0 Å². The molecule has 1 rings (SSSR count). The second-order valence-corrected chi connectivity index (χ2v) is 1.88. The fraction of sp³-hybridized carbons (Fsp3) is 1.00. The van der Waals surface area contributed by atoms with Crippen molar-refractivity contribution in [2.24, 2.45) is 0 Å². The van der Waals surface area contributed by atoms with Gasteiger partial charge in [-0.15, -0.1) is 0 Å². The van der Waals surface area contributed by atoms with Crippen LogP contribution in [-0.2, 0) is 9.47 Å². The number of aliphatic hydroxyl groups excluding tert-OH is 1. The summed E-state index contributed by atoms with van der Waals surface area (Å²) in [5.74, 6) is 0. The van der Waals surface area contributed by atoms with Crippen molar-refractivity contribution in [1.82, 2.24) is 0 Å². The van der Waals surface area contributed by atoms with Crippen LogP contribution in [0.5, 0.6) is 0 Å². The summed E-state index contributed by atoms with van der Waals surface area (Å²) in [6.07, 6.45) is -0.519. The largest absolute Gasteiger partial charge is 0.388 e. The first-order valence-corrected chi connectivity index (χ1v) is 2.63. The highest BCUT2D eigenvalue weighted by molar-refractivity contribution is 4.73. The van der Waals surface area contributed by atoms with Crippen molar-refractivity contribution >= 4 is 0 Å². The molecule has 0 aromatic heterocycles. The zero-order valence-corrected chi connectivity index (χ0v) is 4.83. The first-order chi connectivity index (χ1) is 3.84. The van der Waals surface area contributed by atoms with Crippen LogP contribution < -0.4 is 0 Å². The molecule has 48 valence electrons. The lowest BCUT2D eigenvalue weighted by Crippen LogP contribution is -2.25. The van der Waals surface area contributed by atoms with E-state index in [0.29, 0.717) is 13.2 Å². The van der Waals surface area contributed by atoms with Gasteiger partial charge in [-0.1, -0.05) is 0 Å². The maximum atomic E-state index is 8.94. The number of hydrogen-bond acceptors (Lipinski definition) is 3. The van der Waals surface area contributed by atoms with Gasteiger partial charge >= 0.3 is 0 Å². The van der Waals surface area contributed by atoms with Crippen LogP contribution in [0.2, 0.25) is 0 Å². The molecule has 8 heavy (non-hydrogen) atoms. The quantitative estimate of drug-likeness (QED) is 0.499. The monoisotopic (exact) mass is 118 g/mol. The Morgan fingerprint density at radius 2 is 2.38 bits per heavy atom. The number of methoxy groups -OCH3 is 1. The van der Waals surface area contributed by atoms with Gasteiger partial charge in [0, 0.05) is 7.11 Å². The molecule has 1 aliphatic rings. The Morgan fingerprint density at radius 3 is 2.62 bits per heavy atom. The maximum absolute atomic E-state index is 8.94. The Morgan fingerprint density at radius 1 is 1.62 bits per heavy atom. The molecule has 0 unspecified atom stereocenters. The zero-order valence-electron chi connectivity index (χ0n) is 4.83. The van der Waals surface area contributed by atoms with Gasteiger partial charge in [-0.3, -0.25) is 0 Å². The molecule has 0 amide bonds. The number of hydrogen-bond donors (Lipinski definition) is 1. The summed E-state index contributed by atoms with van der Waals surface area (Å²) in [6.45, 7) is 0.941. The first-order valence-electron chi connectivity index (χ1n) is 2.63. The van der Waals surface area contributed by atoms with E-state index >= 15 is 0 Å². The third kappa shape index (κ3) is 0.992. The normalized spacial score (nSPS) is 38.2. The van der Waals surface area contributed by atoms with E-state index in [9.17, 15) is 0 Å². The van der Waals surface area contributed by atoms with E-state index in [2.05, 4.69) is 0 Å². The number of aliphatic hydroxyl groups is 1. The Labute approximate surface area is 48.2 Å². The van der Waals surface area contributed by atoms with Crippen molar-refractivity contribution in [2.75, 3.05) is 20.3 Å². The molecule has 0 aromatic rings. The molecule has 3 heteroatoms. The minimum atomic E-state index is -0.417. The molecule has 2 atom stereocenters. The van der Waals surface area contributed by atoms with Gasteiger partial charge in [0.2, 0.25) is 0 Å². The Hall–Kier alpha value is -0.120. The molecule has 1 fully saturated rings. The average Bonchev–Trinajstić information content (AvgIpc) is 2.14. The average molecular weight is 118 g/mol. The molecule has 0 spiro atoms. The van der Waals surface area contributed by atoms with Gasteiger partial charge in [-0.2, -0.15) is 0 Å². The topological polar surface area (TPSA) is 38.7 Å². The summed E-state index contributed by atoms with van der Waals surface area (Å²) < 4.78 is 9.73. The van der Waals surface area contributed by atoms with Crippen LogP contribution >= 0.6 is 0 Å². The minimum Gasteiger partial charge on any atom is -0.388 e. The van der Waals surface area contributed by atoms with Crippen molar-refractivity contribution < 1.29 is 14.6 Å². The van der Waals surface area contributed by atoms with Crippen LogP contribution in [0.25, 0.3) is 0 Å². The smallest absolute Gasteiger partial charge is 0.109 e. The predicted octanol–water partition coefficient (Wildman–Crippen LogP) is -0.608. The van der Waals surface area contributed by atoms with Crippen LogP contribution in [0.4, 0.5) is 0 Å². The fourth-order valence-corrected chi connectivity index (χ4v) is 0.748. The van der Waals surface area contributed by atoms with Crippen molar-refractivity contribution in [3.63, 3.8) is 0 Å². The van der Waals surface area contributed by atoms with Gasteiger partial charge in [-0.05, 0) is 0 Å². The lowest BCUT2D eigenvalue weighted by molar-refractivity contribution is 0.0209. The van der Waals surface area contributed by atoms with Crippen LogP contribution in [0, 0.1) is 0 Å². The van der Waals surface area contributed by atoms with E-state index in [1.807, 2.05) is 0 Å². The standard InChI is InChI=1S/C5H10O3/c1-7-5-3-8-2-4(5)6/h4-6H,2-3H2,1H3/t4-,5+/m1/s1. The lowest BCUT2D eigenvalue weighted by Gasteiger charge is -2.07.